The lowest BCUT2D eigenvalue weighted by Crippen LogP contribution is -2.48. The fourth-order valence-corrected chi connectivity index (χ4v) is 7.72. The van der Waals surface area contributed by atoms with Gasteiger partial charge < -0.3 is 10.1 Å². The van der Waals surface area contributed by atoms with Gasteiger partial charge in [-0.25, -0.2) is 0 Å². The molecule has 1 amide bonds. The molecular formula is C29H35NO2. The molecule has 3 heteroatoms. The summed E-state index contributed by atoms with van der Waals surface area (Å²) in [4.78, 5) is 12.9. The van der Waals surface area contributed by atoms with E-state index in [1.807, 2.05) is 19.1 Å². The fourth-order valence-electron chi connectivity index (χ4n) is 7.72. The van der Waals surface area contributed by atoms with Crippen molar-refractivity contribution in [1.82, 2.24) is 0 Å². The lowest BCUT2D eigenvalue weighted by Gasteiger charge is -2.57. The van der Waals surface area contributed by atoms with Crippen molar-refractivity contribution in [2.24, 2.45) is 17.8 Å². The van der Waals surface area contributed by atoms with Gasteiger partial charge in [-0.2, -0.15) is 0 Å². The average molecular weight is 430 g/mol. The molecule has 0 aliphatic heterocycles. The molecule has 1 N–H and O–H groups in total. The van der Waals surface area contributed by atoms with E-state index in [1.54, 1.807) is 0 Å². The van der Waals surface area contributed by atoms with E-state index in [1.165, 1.54) is 68.1 Å². The Morgan fingerprint density at radius 1 is 0.938 bits per heavy atom. The minimum atomic E-state index is -0.522. The first-order valence-corrected chi connectivity index (χ1v) is 12.8. The van der Waals surface area contributed by atoms with Gasteiger partial charge in [0.25, 0.3) is 5.91 Å². The Kier molecular flexibility index (Phi) is 5.04. The number of nitrogens with one attached hydrogen (secondary N) is 1. The van der Waals surface area contributed by atoms with Gasteiger partial charge in [-0.15, -0.1) is 0 Å². The molecule has 5 aliphatic carbocycles. The second-order valence-corrected chi connectivity index (χ2v) is 11.1. The molecule has 4 bridgehead atoms. The maximum Gasteiger partial charge on any atom is 0.265 e. The van der Waals surface area contributed by atoms with Crippen molar-refractivity contribution in [2.45, 2.75) is 82.7 Å². The van der Waals surface area contributed by atoms with E-state index in [9.17, 15) is 4.79 Å². The van der Waals surface area contributed by atoms with Gasteiger partial charge in [0.05, 0.1) is 0 Å². The zero-order valence-corrected chi connectivity index (χ0v) is 19.2. The molecule has 0 aromatic heterocycles. The zero-order valence-electron chi connectivity index (χ0n) is 19.2. The van der Waals surface area contributed by atoms with E-state index in [4.69, 9.17) is 4.74 Å². The van der Waals surface area contributed by atoms with Crippen LogP contribution in [0, 0.1) is 17.8 Å². The van der Waals surface area contributed by atoms with E-state index in [-0.39, 0.29) is 5.91 Å². The molecule has 4 fully saturated rings. The lowest BCUT2D eigenvalue weighted by atomic mass is 9.48. The van der Waals surface area contributed by atoms with E-state index in [0.29, 0.717) is 5.41 Å². The van der Waals surface area contributed by atoms with Gasteiger partial charge in [0.15, 0.2) is 6.10 Å². The van der Waals surface area contributed by atoms with Crippen molar-refractivity contribution in [3.05, 3.63) is 59.2 Å². The minimum Gasteiger partial charge on any atom is -0.481 e. The highest BCUT2D eigenvalue weighted by atomic mass is 16.5. The summed E-state index contributed by atoms with van der Waals surface area (Å²) in [5.41, 5.74) is 5.43. The van der Waals surface area contributed by atoms with Gasteiger partial charge in [-0.05, 0) is 129 Å². The van der Waals surface area contributed by atoms with Crippen LogP contribution >= 0.6 is 0 Å². The van der Waals surface area contributed by atoms with E-state index in [0.717, 1.165) is 42.0 Å². The molecule has 4 saturated carbocycles. The molecule has 2 aromatic rings. The molecule has 0 spiro atoms. The van der Waals surface area contributed by atoms with Crippen molar-refractivity contribution < 1.29 is 9.53 Å². The number of fused-ring (bicyclic) bond motifs is 1. The molecule has 1 atom stereocenters. The number of ether oxygens (including phenoxy) is 1. The number of benzene rings is 2. The molecule has 7 rings (SSSR count). The van der Waals surface area contributed by atoms with Gasteiger partial charge in [0.1, 0.15) is 5.75 Å². The summed E-state index contributed by atoms with van der Waals surface area (Å²) in [7, 11) is 0. The van der Waals surface area contributed by atoms with E-state index in [2.05, 4.69) is 35.6 Å². The normalized spacial score (nSPS) is 31.1. The average Bonchev–Trinajstić information content (AvgIpc) is 2.79. The van der Waals surface area contributed by atoms with Crippen LogP contribution in [0.4, 0.5) is 5.69 Å². The topological polar surface area (TPSA) is 38.3 Å². The molecule has 168 valence electrons. The summed E-state index contributed by atoms with van der Waals surface area (Å²) in [6, 6.07) is 15.0. The molecular weight excluding hydrogens is 394 g/mol. The van der Waals surface area contributed by atoms with Crippen molar-refractivity contribution in [3.63, 3.8) is 0 Å². The van der Waals surface area contributed by atoms with Crippen LogP contribution < -0.4 is 10.1 Å². The monoisotopic (exact) mass is 429 g/mol. The maximum atomic E-state index is 12.9. The number of carbonyl (C=O) groups excluding carboxylic acids is 1. The number of hydrogen-bond acceptors (Lipinski definition) is 2. The van der Waals surface area contributed by atoms with E-state index >= 15 is 0 Å². The second kappa shape index (κ2) is 7.93. The van der Waals surface area contributed by atoms with Crippen molar-refractivity contribution in [1.29, 1.82) is 0 Å². The minimum absolute atomic E-state index is 0.0824. The molecule has 32 heavy (non-hydrogen) atoms. The third-order valence-corrected chi connectivity index (χ3v) is 8.83. The zero-order chi connectivity index (χ0) is 21.7. The maximum absolute atomic E-state index is 12.9. The predicted molar refractivity (Wildman–Crippen MR) is 128 cm³/mol. The Bertz CT molecular complexity index is 973. The molecule has 0 radical (unpaired) electrons. The Balaban J connectivity index is 1.12. The lowest BCUT2D eigenvalue weighted by molar-refractivity contribution is -0.122. The largest absolute Gasteiger partial charge is 0.481 e. The highest BCUT2D eigenvalue weighted by molar-refractivity contribution is 5.94. The van der Waals surface area contributed by atoms with Crippen LogP contribution in [0.2, 0.25) is 0 Å². The second-order valence-electron chi connectivity index (χ2n) is 11.1. The molecule has 3 nitrogen and oxygen atoms in total. The van der Waals surface area contributed by atoms with Crippen LogP contribution in [0.1, 0.15) is 75.0 Å². The first-order valence-electron chi connectivity index (χ1n) is 12.8. The number of aryl methyl sites for hydroxylation is 1. The quantitative estimate of drug-likeness (QED) is 0.594. The SMILES string of the molecule is C[C@@H](Oc1cccc2c1CCCC2)C(=O)Nc1ccc(C23CC4CC(CC(C4)C2)C3)cc1. The van der Waals surface area contributed by atoms with Crippen LogP contribution in [0.5, 0.6) is 5.75 Å². The van der Waals surface area contributed by atoms with Crippen molar-refractivity contribution >= 4 is 11.6 Å². The number of carbonyl (C=O) groups is 1. The summed E-state index contributed by atoms with van der Waals surface area (Å²) in [6.07, 6.45) is 12.6. The van der Waals surface area contributed by atoms with Crippen molar-refractivity contribution in [2.75, 3.05) is 5.32 Å². The number of hydrogen-bond donors (Lipinski definition) is 1. The van der Waals surface area contributed by atoms with Gasteiger partial charge in [0, 0.05) is 5.69 Å². The Labute approximate surface area is 191 Å². The summed E-state index contributed by atoms with van der Waals surface area (Å²) in [5, 5.41) is 3.08. The molecule has 2 aromatic carbocycles. The highest BCUT2D eigenvalue weighted by Crippen LogP contribution is 2.60. The Hall–Kier alpha value is -2.29. The van der Waals surface area contributed by atoms with Gasteiger partial charge in [0.2, 0.25) is 0 Å². The van der Waals surface area contributed by atoms with Crippen LogP contribution in [-0.2, 0) is 23.1 Å². The van der Waals surface area contributed by atoms with Gasteiger partial charge in [-0.1, -0.05) is 24.3 Å². The van der Waals surface area contributed by atoms with Crippen LogP contribution in [0.25, 0.3) is 0 Å². The summed E-state index contributed by atoms with van der Waals surface area (Å²) in [6.45, 7) is 1.85. The molecule has 0 unspecified atom stereocenters. The Morgan fingerprint density at radius 3 is 2.28 bits per heavy atom. The molecule has 0 saturated heterocycles. The fraction of sp³-hybridized carbons (Fsp3) is 0.552. The highest BCUT2D eigenvalue weighted by Gasteiger charge is 2.51. The molecule has 5 aliphatic rings. The van der Waals surface area contributed by atoms with Gasteiger partial charge in [-0.3, -0.25) is 4.79 Å². The predicted octanol–water partition coefficient (Wildman–Crippen LogP) is 6.44. The number of rotatable bonds is 5. The molecule has 0 heterocycles. The van der Waals surface area contributed by atoms with E-state index < -0.39 is 6.10 Å². The third kappa shape index (κ3) is 3.64. The van der Waals surface area contributed by atoms with Gasteiger partial charge >= 0.3 is 0 Å². The number of amides is 1. The van der Waals surface area contributed by atoms with Crippen LogP contribution in [0.3, 0.4) is 0 Å². The summed E-state index contributed by atoms with van der Waals surface area (Å²) >= 11 is 0. The first-order chi connectivity index (χ1) is 15.6. The number of anilines is 1. The smallest absolute Gasteiger partial charge is 0.265 e. The van der Waals surface area contributed by atoms with Crippen molar-refractivity contribution in [3.8, 4) is 5.75 Å². The van der Waals surface area contributed by atoms with Crippen LogP contribution in [-0.4, -0.2) is 12.0 Å². The van der Waals surface area contributed by atoms with Crippen LogP contribution in [0.15, 0.2) is 42.5 Å². The summed E-state index contributed by atoms with van der Waals surface area (Å²) in [5.74, 6) is 3.63. The Morgan fingerprint density at radius 2 is 1.59 bits per heavy atom. The standard InChI is InChI=1S/C29H35NO2/c1-19(32-27-8-4-6-23-5-2-3-7-26(23)27)28(31)30-25-11-9-24(10-12-25)29-16-20-13-21(17-29)15-22(14-20)18-29/h4,6,8-12,19-22H,2-3,5,7,13-18H2,1H3,(H,30,31)/t19-,20?,21?,22?,29?/m1/s1. The third-order valence-electron chi connectivity index (χ3n) is 8.83. The summed E-state index contributed by atoms with van der Waals surface area (Å²) < 4.78 is 6.12. The first kappa shape index (κ1) is 20.3.